The van der Waals surface area contributed by atoms with Gasteiger partial charge in [-0.15, -0.1) is 11.3 Å². The summed E-state index contributed by atoms with van der Waals surface area (Å²) in [5, 5.41) is 9.44. The van der Waals surface area contributed by atoms with Crippen LogP contribution in [-0.4, -0.2) is 26.2 Å². The van der Waals surface area contributed by atoms with E-state index in [1.54, 1.807) is 17.6 Å². The number of hydrogen-bond donors (Lipinski definition) is 1. The smallest absolute Gasteiger partial charge is 0.169 e. The Morgan fingerprint density at radius 3 is 2.70 bits per heavy atom. The van der Waals surface area contributed by atoms with Crippen molar-refractivity contribution in [1.82, 2.24) is 20.0 Å². The van der Waals surface area contributed by atoms with E-state index < -0.39 is 11.6 Å². The number of hydrogen-bond acceptors (Lipinski definition) is 5. The number of halogens is 2. The average Bonchev–Trinajstić information content (AvgIpc) is 3.36. The van der Waals surface area contributed by atoms with Crippen molar-refractivity contribution in [2.45, 2.75) is 20.0 Å². The van der Waals surface area contributed by atoms with E-state index in [0.717, 1.165) is 33.6 Å². The Hall–Kier alpha value is -3.39. The van der Waals surface area contributed by atoms with Crippen LogP contribution in [0.1, 0.15) is 22.0 Å². The third-order valence-electron chi connectivity index (χ3n) is 4.93. The molecule has 0 saturated heterocycles. The molecule has 0 atom stereocenters. The Morgan fingerprint density at radius 1 is 1.10 bits per heavy atom. The molecule has 0 spiro atoms. The molecule has 0 amide bonds. The molecule has 1 aliphatic rings. The highest BCUT2D eigenvalue weighted by molar-refractivity contribution is 7.09. The zero-order chi connectivity index (χ0) is 20.7. The minimum atomic E-state index is -0.909. The topological polar surface area (TPSA) is 57.2 Å². The summed E-state index contributed by atoms with van der Waals surface area (Å²) in [5.41, 5.74) is 4.74. The molecule has 8 heteroatoms. The summed E-state index contributed by atoms with van der Waals surface area (Å²) in [6.07, 6.45) is 1.67. The number of nitrogens with one attached hydrogen (secondary N) is 1. The molecule has 2 aromatic heterocycles. The molecule has 0 radical (unpaired) electrons. The van der Waals surface area contributed by atoms with Gasteiger partial charge < -0.3 is 4.98 Å². The van der Waals surface area contributed by atoms with Gasteiger partial charge in [-0.2, -0.15) is 5.10 Å². The van der Waals surface area contributed by atoms with Crippen LogP contribution in [0.25, 0.3) is 22.6 Å². The summed E-state index contributed by atoms with van der Waals surface area (Å²) in [6.45, 7) is 3.09. The second kappa shape index (κ2) is 7.46. The lowest BCUT2D eigenvalue weighted by Crippen LogP contribution is -2.21. The van der Waals surface area contributed by atoms with E-state index in [4.69, 9.17) is 0 Å². The second-order valence-electron chi connectivity index (χ2n) is 7.06. The van der Waals surface area contributed by atoms with Gasteiger partial charge in [0.2, 0.25) is 0 Å². The van der Waals surface area contributed by atoms with Crippen LogP contribution in [0.15, 0.2) is 52.9 Å². The first-order valence-corrected chi connectivity index (χ1v) is 10.3. The van der Waals surface area contributed by atoms with E-state index in [9.17, 15) is 8.78 Å². The molecule has 150 valence electrons. The number of benzene rings is 2. The summed E-state index contributed by atoms with van der Waals surface area (Å²) in [4.78, 5) is 12.0. The van der Waals surface area contributed by atoms with Crippen molar-refractivity contribution in [2.24, 2.45) is 5.10 Å². The molecule has 0 bridgehead atoms. The standard InChI is InChI=1S/C22H17F2N5S/c1-13-26-20(12-30-13)15-7-5-14(6-8-15)10-29-11-19-18(9-25-29)27-22(28-19)16-3-2-4-17(23)21(16)24/h2-9,12H,10-11H2,1H3,(H,27,28). The first kappa shape index (κ1) is 18.6. The predicted octanol–water partition coefficient (Wildman–Crippen LogP) is 5.14. The third-order valence-corrected chi connectivity index (χ3v) is 5.71. The zero-order valence-electron chi connectivity index (χ0n) is 16.1. The Bertz CT molecular complexity index is 1240. The average molecular weight is 421 g/mol. The SMILES string of the molecule is Cc1nc(-c2ccc(CN3Cc4nc(-c5cccc(F)c5F)[nH]c4C=N3)cc2)cs1. The van der Waals surface area contributed by atoms with E-state index >= 15 is 0 Å². The Kier molecular flexibility index (Phi) is 4.63. The number of imidazole rings is 1. The normalized spacial score (nSPS) is 13.0. The lowest BCUT2D eigenvalue weighted by Gasteiger charge is -2.21. The first-order valence-electron chi connectivity index (χ1n) is 9.40. The maximum absolute atomic E-state index is 14.1. The Morgan fingerprint density at radius 2 is 1.93 bits per heavy atom. The van der Waals surface area contributed by atoms with Crippen LogP contribution in [0, 0.1) is 18.6 Å². The van der Waals surface area contributed by atoms with Crippen LogP contribution < -0.4 is 0 Å². The van der Waals surface area contributed by atoms with Gasteiger partial charge >= 0.3 is 0 Å². The minimum Gasteiger partial charge on any atom is -0.337 e. The monoisotopic (exact) mass is 421 g/mol. The largest absolute Gasteiger partial charge is 0.337 e. The zero-order valence-corrected chi connectivity index (χ0v) is 16.9. The molecule has 5 nitrogen and oxygen atoms in total. The number of fused-ring (bicyclic) bond motifs is 1. The van der Waals surface area contributed by atoms with E-state index in [0.29, 0.717) is 24.6 Å². The van der Waals surface area contributed by atoms with Gasteiger partial charge in [0, 0.05) is 10.9 Å². The molecule has 2 aromatic carbocycles. The fourth-order valence-corrected chi connectivity index (χ4v) is 4.02. The summed E-state index contributed by atoms with van der Waals surface area (Å²) < 4.78 is 27.6. The molecule has 1 aliphatic heterocycles. The highest BCUT2D eigenvalue weighted by atomic mass is 32.1. The fourth-order valence-electron chi connectivity index (χ4n) is 3.40. The number of aryl methyl sites for hydroxylation is 1. The molecule has 30 heavy (non-hydrogen) atoms. The summed E-state index contributed by atoms with van der Waals surface area (Å²) in [7, 11) is 0. The van der Waals surface area contributed by atoms with Crippen molar-refractivity contribution < 1.29 is 8.78 Å². The van der Waals surface area contributed by atoms with Crippen molar-refractivity contribution in [3.05, 3.63) is 81.4 Å². The number of aromatic nitrogens is 3. The van der Waals surface area contributed by atoms with Crippen molar-refractivity contribution in [1.29, 1.82) is 0 Å². The fraction of sp³-hybridized carbons (Fsp3) is 0.136. The lowest BCUT2D eigenvalue weighted by molar-refractivity contribution is 0.265. The molecule has 0 aliphatic carbocycles. The molecule has 0 saturated carbocycles. The van der Waals surface area contributed by atoms with E-state index in [1.807, 2.05) is 11.9 Å². The highest BCUT2D eigenvalue weighted by Crippen LogP contribution is 2.26. The number of H-pyrrole nitrogens is 1. The Balaban J connectivity index is 1.31. The maximum Gasteiger partial charge on any atom is 0.169 e. The predicted molar refractivity (Wildman–Crippen MR) is 113 cm³/mol. The number of rotatable bonds is 4. The van der Waals surface area contributed by atoms with E-state index in [1.165, 1.54) is 12.1 Å². The van der Waals surface area contributed by atoms with Crippen LogP contribution in [0.3, 0.4) is 0 Å². The van der Waals surface area contributed by atoms with Gasteiger partial charge in [0.1, 0.15) is 5.82 Å². The summed E-state index contributed by atoms with van der Waals surface area (Å²) >= 11 is 1.63. The van der Waals surface area contributed by atoms with Crippen LogP contribution in [0.4, 0.5) is 8.78 Å². The second-order valence-corrected chi connectivity index (χ2v) is 8.13. The molecular formula is C22H17F2N5S. The number of aromatic amines is 1. The molecule has 5 rings (SSSR count). The van der Waals surface area contributed by atoms with Gasteiger partial charge in [0.15, 0.2) is 11.6 Å². The van der Waals surface area contributed by atoms with Gasteiger partial charge in [-0.1, -0.05) is 30.3 Å². The lowest BCUT2D eigenvalue weighted by atomic mass is 10.1. The van der Waals surface area contributed by atoms with Crippen LogP contribution in [0.5, 0.6) is 0 Å². The van der Waals surface area contributed by atoms with Gasteiger partial charge in [0.05, 0.1) is 47.0 Å². The van der Waals surface area contributed by atoms with Crippen LogP contribution >= 0.6 is 11.3 Å². The van der Waals surface area contributed by atoms with Gasteiger partial charge in [-0.05, 0) is 24.6 Å². The third kappa shape index (κ3) is 3.50. The van der Waals surface area contributed by atoms with Gasteiger partial charge in [-0.25, -0.2) is 18.7 Å². The summed E-state index contributed by atoms with van der Waals surface area (Å²) in [6, 6.07) is 12.3. The minimum absolute atomic E-state index is 0.109. The molecule has 3 heterocycles. The van der Waals surface area contributed by atoms with E-state index in [2.05, 4.69) is 49.7 Å². The summed E-state index contributed by atoms with van der Waals surface area (Å²) in [5.74, 6) is -1.51. The Labute approximate surface area is 175 Å². The quantitative estimate of drug-likeness (QED) is 0.497. The molecule has 4 aromatic rings. The van der Waals surface area contributed by atoms with Crippen molar-refractivity contribution >= 4 is 17.6 Å². The molecule has 0 unspecified atom stereocenters. The van der Waals surface area contributed by atoms with Gasteiger partial charge in [-0.3, -0.25) is 5.01 Å². The highest BCUT2D eigenvalue weighted by Gasteiger charge is 2.20. The van der Waals surface area contributed by atoms with Crippen molar-refractivity contribution in [3.8, 4) is 22.6 Å². The van der Waals surface area contributed by atoms with Crippen LogP contribution in [-0.2, 0) is 13.1 Å². The maximum atomic E-state index is 14.1. The van der Waals surface area contributed by atoms with E-state index in [-0.39, 0.29) is 5.56 Å². The van der Waals surface area contributed by atoms with Crippen molar-refractivity contribution in [3.63, 3.8) is 0 Å². The van der Waals surface area contributed by atoms with Gasteiger partial charge in [0.25, 0.3) is 0 Å². The number of nitrogens with zero attached hydrogens (tertiary/aromatic N) is 4. The number of thiazole rings is 1. The molecular weight excluding hydrogens is 404 g/mol. The molecule has 1 N–H and O–H groups in total. The molecule has 0 fully saturated rings. The first-order chi connectivity index (χ1) is 14.6. The van der Waals surface area contributed by atoms with Crippen molar-refractivity contribution in [2.75, 3.05) is 0 Å². The van der Waals surface area contributed by atoms with Crippen LogP contribution in [0.2, 0.25) is 0 Å². The number of hydrazone groups is 1.